The lowest BCUT2D eigenvalue weighted by atomic mass is 10.0. The van der Waals surface area contributed by atoms with Gasteiger partial charge in [0.1, 0.15) is 0 Å². The Bertz CT molecular complexity index is 1220. The first-order chi connectivity index (χ1) is 14.7. The molecule has 0 radical (unpaired) electrons. The van der Waals surface area contributed by atoms with E-state index in [0.717, 1.165) is 45.3 Å². The molecule has 150 valence electrons. The van der Waals surface area contributed by atoms with Crippen LogP contribution in [-0.4, -0.2) is 26.9 Å². The van der Waals surface area contributed by atoms with Gasteiger partial charge in [0.25, 0.3) is 0 Å². The first kappa shape index (κ1) is 18.1. The Hall–Kier alpha value is -3.94. The van der Waals surface area contributed by atoms with E-state index < -0.39 is 0 Å². The highest BCUT2D eigenvalue weighted by Gasteiger charge is 2.18. The summed E-state index contributed by atoms with van der Waals surface area (Å²) < 4.78 is 16.3. The highest BCUT2D eigenvalue weighted by molar-refractivity contribution is 5.79. The predicted molar refractivity (Wildman–Crippen MR) is 110 cm³/mol. The van der Waals surface area contributed by atoms with Crippen molar-refractivity contribution in [3.05, 3.63) is 65.7 Å². The lowest BCUT2D eigenvalue weighted by molar-refractivity contribution is 0.174. The zero-order chi connectivity index (χ0) is 20.5. The van der Waals surface area contributed by atoms with E-state index in [-0.39, 0.29) is 6.79 Å². The number of benzene rings is 1. The summed E-state index contributed by atoms with van der Waals surface area (Å²) in [6.45, 7) is 4.63. The van der Waals surface area contributed by atoms with E-state index in [1.54, 1.807) is 12.4 Å². The van der Waals surface area contributed by atoms with Gasteiger partial charge in [0.15, 0.2) is 17.3 Å². The Morgan fingerprint density at radius 1 is 1.00 bits per heavy atom. The van der Waals surface area contributed by atoms with Crippen LogP contribution in [0.1, 0.15) is 17.0 Å². The molecule has 8 heteroatoms. The predicted octanol–water partition coefficient (Wildman–Crippen LogP) is 4.15. The molecule has 1 aliphatic heterocycles. The summed E-state index contributed by atoms with van der Waals surface area (Å²) in [5.41, 5.74) is 5.12. The Morgan fingerprint density at radius 3 is 2.73 bits per heavy atom. The fraction of sp³-hybridized carbons (Fsp3) is 0.182. The van der Waals surface area contributed by atoms with E-state index in [9.17, 15) is 0 Å². The molecule has 30 heavy (non-hydrogen) atoms. The third-order valence-corrected chi connectivity index (χ3v) is 4.83. The van der Waals surface area contributed by atoms with E-state index in [1.807, 2.05) is 50.2 Å². The van der Waals surface area contributed by atoms with E-state index in [2.05, 4.69) is 20.4 Å². The van der Waals surface area contributed by atoms with Crippen LogP contribution in [0.5, 0.6) is 11.5 Å². The number of ether oxygens (including phenoxy) is 2. The maximum absolute atomic E-state index is 5.47. The van der Waals surface area contributed by atoms with Gasteiger partial charge in [-0.15, -0.1) is 0 Å². The average molecular weight is 401 g/mol. The molecule has 0 spiro atoms. The summed E-state index contributed by atoms with van der Waals surface area (Å²) >= 11 is 0. The lowest BCUT2D eigenvalue weighted by Crippen LogP contribution is -2.05. The summed E-state index contributed by atoms with van der Waals surface area (Å²) in [5, 5.41) is 7.27. The molecule has 0 aliphatic carbocycles. The lowest BCUT2D eigenvalue weighted by Gasteiger charge is -2.11. The molecule has 0 fully saturated rings. The summed E-state index contributed by atoms with van der Waals surface area (Å²) in [4.78, 5) is 13.7. The van der Waals surface area contributed by atoms with E-state index in [1.165, 1.54) is 0 Å². The molecule has 0 unspecified atom stereocenters. The van der Waals surface area contributed by atoms with E-state index in [4.69, 9.17) is 19.0 Å². The van der Waals surface area contributed by atoms with Crippen molar-refractivity contribution in [3.63, 3.8) is 0 Å². The number of anilines is 1. The van der Waals surface area contributed by atoms with Gasteiger partial charge in [-0.3, -0.25) is 4.98 Å². The number of hydrogen-bond donors (Lipinski definition) is 1. The number of hydrogen-bond acceptors (Lipinski definition) is 8. The van der Waals surface area contributed by atoms with Crippen LogP contribution in [0.25, 0.3) is 22.6 Å². The summed E-state index contributed by atoms with van der Waals surface area (Å²) in [6, 6.07) is 11.6. The standard InChI is InChI=1S/C22H19N5O3/c1-13-8-19(30-27-13)17-11-25-22(26-21(17)16-4-3-7-23-14(16)2)24-10-15-5-6-18-20(9-15)29-12-28-18/h3-9,11H,10,12H2,1-2H3,(H,24,25,26). The zero-order valence-corrected chi connectivity index (χ0v) is 16.5. The van der Waals surface area contributed by atoms with Crippen LogP contribution in [0.2, 0.25) is 0 Å². The van der Waals surface area contributed by atoms with E-state index in [0.29, 0.717) is 18.3 Å². The Labute approximate surface area is 172 Å². The number of aryl methyl sites for hydroxylation is 2. The SMILES string of the molecule is Cc1cc(-c2cnc(NCc3ccc4c(c3)OCO4)nc2-c2cccnc2C)on1. The van der Waals surface area contributed by atoms with Crippen LogP contribution in [0, 0.1) is 13.8 Å². The Balaban J connectivity index is 1.48. The van der Waals surface area contributed by atoms with Crippen molar-refractivity contribution in [2.45, 2.75) is 20.4 Å². The van der Waals surface area contributed by atoms with Gasteiger partial charge in [0.05, 0.1) is 17.0 Å². The van der Waals surface area contributed by atoms with Crippen molar-refractivity contribution in [1.29, 1.82) is 0 Å². The van der Waals surface area contributed by atoms with Crippen molar-refractivity contribution < 1.29 is 14.0 Å². The highest BCUT2D eigenvalue weighted by Crippen LogP contribution is 2.34. The summed E-state index contributed by atoms with van der Waals surface area (Å²) in [6.07, 6.45) is 3.51. The molecule has 1 aliphatic rings. The molecule has 1 N–H and O–H groups in total. The van der Waals surface area contributed by atoms with Gasteiger partial charge in [0, 0.05) is 36.3 Å². The molecule has 3 aromatic heterocycles. The van der Waals surface area contributed by atoms with Crippen molar-refractivity contribution in [1.82, 2.24) is 20.1 Å². The van der Waals surface area contributed by atoms with Crippen LogP contribution in [-0.2, 0) is 6.54 Å². The number of aromatic nitrogens is 4. The zero-order valence-electron chi connectivity index (χ0n) is 16.5. The molecule has 4 heterocycles. The Morgan fingerprint density at radius 2 is 1.90 bits per heavy atom. The quantitative estimate of drug-likeness (QED) is 0.533. The molecule has 0 saturated carbocycles. The highest BCUT2D eigenvalue weighted by atomic mass is 16.7. The molecule has 4 aromatic rings. The molecule has 0 amide bonds. The Kier molecular flexibility index (Phi) is 4.51. The maximum Gasteiger partial charge on any atom is 0.231 e. The third kappa shape index (κ3) is 3.43. The normalized spacial score (nSPS) is 12.2. The van der Waals surface area contributed by atoms with Gasteiger partial charge >= 0.3 is 0 Å². The number of rotatable bonds is 5. The maximum atomic E-state index is 5.47. The van der Waals surface area contributed by atoms with Crippen LogP contribution in [0.4, 0.5) is 5.95 Å². The largest absolute Gasteiger partial charge is 0.454 e. The van der Waals surface area contributed by atoms with Crippen molar-refractivity contribution >= 4 is 5.95 Å². The van der Waals surface area contributed by atoms with Gasteiger partial charge in [-0.05, 0) is 43.7 Å². The van der Waals surface area contributed by atoms with Gasteiger partial charge in [-0.1, -0.05) is 11.2 Å². The molecule has 1 aromatic carbocycles. The monoisotopic (exact) mass is 401 g/mol. The van der Waals surface area contributed by atoms with Crippen molar-refractivity contribution in [2.75, 3.05) is 12.1 Å². The van der Waals surface area contributed by atoms with Gasteiger partial charge in [0.2, 0.25) is 12.7 Å². The minimum absolute atomic E-state index is 0.256. The van der Waals surface area contributed by atoms with E-state index >= 15 is 0 Å². The van der Waals surface area contributed by atoms with Crippen molar-refractivity contribution in [2.24, 2.45) is 0 Å². The summed E-state index contributed by atoms with van der Waals surface area (Å²) in [7, 11) is 0. The molecule has 0 bridgehead atoms. The number of fused-ring (bicyclic) bond motifs is 1. The number of nitrogens with one attached hydrogen (secondary N) is 1. The van der Waals surface area contributed by atoms with Gasteiger partial charge in [-0.25, -0.2) is 9.97 Å². The molecule has 8 nitrogen and oxygen atoms in total. The first-order valence-corrected chi connectivity index (χ1v) is 9.52. The van der Waals surface area contributed by atoms with Gasteiger partial charge < -0.3 is 19.3 Å². The molecular formula is C22H19N5O3. The molecule has 5 rings (SSSR count). The van der Waals surface area contributed by atoms with Crippen molar-refractivity contribution in [3.8, 4) is 34.1 Å². The minimum atomic E-state index is 0.256. The second-order valence-electron chi connectivity index (χ2n) is 6.97. The van der Waals surface area contributed by atoms with Crippen LogP contribution < -0.4 is 14.8 Å². The summed E-state index contributed by atoms with van der Waals surface area (Å²) in [5.74, 6) is 2.63. The minimum Gasteiger partial charge on any atom is -0.454 e. The number of nitrogens with zero attached hydrogens (tertiary/aromatic N) is 4. The molecule has 0 atom stereocenters. The van der Waals surface area contributed by atoms with Crippen LogP contribution in [0.3, 0.4) is 0 Å². The second kappa shape index (κ2) is 7.47. The molecular weight excluding hydrogens is 382 g/mol. The van der Waals surface area contributed by atoms with Crippen LogP contribution in [0.15, 0.2) is 53.3 Å². The first-order valence-electron chi connectivity index (χ1n) is 9.52. The fourth-order valence-corrected chi connectivity index (χ4v) is 3.31. The fourth-order valence-electron chi connectivity index (χ4n) is 3.31. The van der Waals surface area contributed by atoms with Crippen LogP contribution >= 0.6 is 0 Å². The smallest absolute Gasteiger partial charge is 0.231 e. The number of pyridine rings is 1. The van der Waals surface area contributed by atoms with Gasteiger partial charge in [-0.2, -0.15) is 0 Å². The molecule has 0 saturated heterocycles. The average Bonchev–Trinajstić information content (AvgIpc) is 3.41. The third-order valence-electron chi connectivity index (χ3n) is 4.83. The topological polar surface area (TPSA) is 95.2 Å². The second-order valence-corrected chi connectivity index (χ2v) is 6.97.